The number of pyridine rings is 1. The van der Waals surface area contributed by atoms with Crippen LogP contribution in [0.4, 0.5) is 4.39 Å². The third-order valence-corrected chi connectivity index (χ3v) is 3.47. The van der Waals surface area contributed by atoms with Crippen molar-refractivity contribution in [2.75, 3.05) is 6.54 Å². The van der Waals surface area contributed by atoms with Crippen molar-refractivity contribution in [3.63, 3.8) is 0 Å². The van der Waals surface area contributed by atoms with E-state index in [1.807, 2.05) is 4.90 Å². The lowest BCUT2D eigenvalue weighted by Crippen LogP contribution is -2.30. The normalized spacial score (nSPS) is 15.1. The molecular formula is C13H13FN4O2. The van der Waals surface area contributed by atoms with Gasteiger partial charge in [0.05, 0.1) is 6.20 Å². The molecule has 0 saturated heterocycles. The molecule has 1 aliphatic rings. The Hall–Kier alpha value is -2.28. The molecule has 0 saturated carbocycles. The highest BCUT2D eigenvalue weighted by Crippen LogP contribution is 2.22. The van der Waals surface area contributed by atoms with Crippen molar-refractivity contribution in [3.8, 4) is 0 Å². The summed E-state index contributed by atoms with van der Waals surface area (Å²) in [6.45, 7) is 1.61. The lowest BCUT2D eigenvalue weighted by molar-refractivity contribution is 0.0687. The molecule has 3 heterocycles. The number of carboxylic acids is 1. The number of hydrogen-bond acceptors (Lipinski definition) is 4. The average molecular weight is 276 g/mol. The number of nitrogens with one attached hydrogen (secondary N) is 1. The monoisotopic (exact) mass is 276 g/mol. The maximum atomic E-state index is 13.6. The van der Waals surface area contributed by atoms with E-state index in [9.17, 15) is 9.18 Å². The minimum Gasteiger partial charge on any atom is -0.476 e. The van der Waals surface area contributed by atoms with E-state index >= 15 is 0 Å². The minimum atomic E-state index is -1.04. The number of aromatic nitrogens is 3. The summed E-state index contributed by atoms with van der Waals surface area (Å²) in [5.41, 5.74) is 2.16. The van der Waals surface area contributed by atoms with Crippen LogP contribution in [-0.2, 0) is 19.5 Å². The first-order valence-corrected chi connectivity index (χ1v) is 6.25. The van der Waals surface area contributed by atoms with Crippen LogP contribution in [0, 0.1) is 5.82 Å². The Morgan fingerprint density at radius 2 is 2.40 bits per heavy atom. The van der Waals surface area contributed by atoms with E-state index in [0.717, 1.165) is 12.2 Å². The van der Waals surface area contributed by atoms with Crippen molar-refractivity contribution in [1.29, 1.82) is 0 Å². The predicted molar refractivity (Wildman–Crippen MR) is 67.6 cm³/mol. The molecule has 7 heteroatoms. The number of aromatic amines is 1. The van der Waals surface area contributed by atoms with Crippen LogP contribution in [0.3, 0.4) is 0 Å². The Bertz CT molecular complexity index is 656. The van der Waals surface area contributed by atoms with Gasteiger partial charge < -0.3 is 5.11 Å². The second kappa shape index (κ2) is 5.01. The van der Waals surface area contributed by atoms with Gasteiger partial charge in [-0.2, -0.15) is 5.10 Å². The van der Waals surface area contributed by atoms with Crippen LogP contribution in [0.1, 0.15) is 27.3 Å². The molecule has 2 aromatic rings. The molecule has 1 aliphatic heterocycles. The third-order valence-electron chi connectivity index (χ3n) is 3.47. The number of rotatable bonds is 3. The fourth-order valence-electron chi connectivity index (χ4n) is 2.44. The predicted octanol–water partition coefficient (Wildman–Crippen LogP) is 1.20. The van der Waals surface area contributed by atoms with Crippen molar-refractivity contribution in [3.05, 3.63) is 46.8 Å². The molecule has 0 bridgehead atoms. The molecule has 0 aromatic carbocycles. The van der Waals surface area contributed by atoms with Crippen molar-refractivity contribution in [2.24, 2.45) is 0 Å². The quantitative estimate of drug-likeness (QED) is 0.880. The SMILES string of the molecule is O=C(O)c1n[nH]c2c1CN(Cc1ccncc1F)CC2. The molecule has 0 radical (unpaired) electrons. The Labute approximate surface area is 114 Å². The molecule has 2 N–H and O–H groups in total. The number of halogens is 1. The summed E-state index contributed by atoms with van der Waals surface area (Å²) in [7, 11) is 0. The van der Waals surface area contributed by atoms with Gasteiger partial charge in [0.1, 0.15) is 5.82 Å². The van der Waals surface area contributed by atoms with E-state index in [2.05, 4.69) is 15.2 Å². The lowest BCUT2D eigenvalue weighted by Gasteiger charge is -2.26. The summed E-state index contributed by atoms with van der Waals surface area (Å²) < 4.78 is 13.6. The number of aromatic carboxylic acids is 1. The molecule has 0 atom stereocenters. The van der Waals surface area contributed by atoms with Gasteiger partial charge in [0.25, 0.3) is 0 Å². The summed E-state index contributed by atoms with van der Waals surface area (Å²) in [6.07, 6.45) is 3.42. The van der Waals surface area contributed by atoms with Gasteiger partial charge in [0, 0.05) is 49.1 Å². The maximum absolute atomic E-state index is 13.6. The van der Waals surface area contributed by atoms with Gasteiger partial charge in [-0.05, 0) is 6.07 Å². The summed E-state index contributed by atoms with van der Waals surface area (Å²) >= 11 is 0. The van der Waals surface area contributed by atoms with Crippen molar-refractivity contribution in [2.45, 2.75) is 19.5 Å². The Morgan fingerprint density at radius 3 is 3.15 bits per heavy atom. The van der Waals surface area contributed by atoms with E-state index in [1.54, 1.807) is 12.3 Å². The van der Waals surface area contributed by atoms with E-state index in [1.165, 1.54) is 6.20 Å². The Kier molecular flexibility index (Phi) is 3.19. The average Bonchev–Trinajstić information content (AvgIpc) is 2.84. The van der Waals surface area contributed by atoms with Crippen molar-refractivity contribution < 1.29 is 14.3 Å². The zero-order chi connectivity index (χ0) is 14.1. The van der Waals surface area contributed by atoms with Gasteiger partial charge >= 0.3 is 5.97 Å². The topological polar surface area (TPSA) is 82.1 Å². The fourth-order valence-corrected chi connectivity index (χ4v) is 2.44. The zero-order valence-corrected chi connectivity index (χ0v) is 10.6. The van der Waals surface area contributed by atoms with Gasteiger partial charge in [-0.15, -0.1) is 0 Å². The third kappa shape index (κ3) is 2.27. The Balaban J connectivity index is 1.80. The van der Waals surface area contributed by atoms with Crippen LogP contribution < -0.4 is 0 Å². The first-order valence-electron chi connectivity index (χ1n) is 6.25. The number of H-pyrrole nitrogens is 1. The number of nitrogens with zero attached hydrogens (tertiary/aromatic N) is 3. The number of hydrogen-bond donors (Lipinski definition) is 2. The summed E-state index contributed by atoms with van der Waals surface area (Å²) in [5.74, 6) is -1.39. The molecular weight excluding hydrogens is 263 g/mol. The molecule has 0 fully saturated rings. The second-order valence-electron chi connectivity index (χ2n) is 4.76. The molecule has 104 valence electrons. The summed E-state index contributed by atoms with van der Waals surface area (Å²) in [6, 6.07) is 1.64. The van der Waals surface area contributed by atoms with Gasteiger partial charge in [-0.1, -0.05) is 0 Å². The van der Waals surface area contributed by atoms with E-state index in [0.29, 0.717) is 30.6 Å². The molecule has 0 unspecified atom stereocenters. The van der Waals surface area contributed by atoms with Crippen LogP contribution in [0.5, 0.6) is 0 Å². The standard InChI is InChI=1S/C13H13FN4O2/c14-10-5-15-3-1-8(10)6-18-4-2-11-9(7-18)12(13(19)20)17-16-11/h1,3,5H,2,4,6-7H2,(H,16,17)(H,19,20). The number of carboxylic acid groups (broad SMARTS) is 1. The highest BCUT2D eigenvalue weighted by atomic mass is 19.1. The van der Waals surface area contributed by atoms with Crippen LogP contribution >= 0.6 is 0 Å². The molecule has 0 spiro atoms. The lowest BCUT2D eigenvalue weighted by atomic mass is 10.0. The maximum Gasteiger partial charge on any atom is 0.356 e. The number of fused-ring (bicyclic) bond motifs is 1. The van der Waals surface area contributed by atoms with Gasteiger partial charge in [0.15, 0.2) is 5.69 Å². The largest absolute Gasteiger partial charge is 0.476 e. The minimum absolute atomic E-state index is 0.0555. The highest BCUT2D eigenvalue weighted by molar-refractivity contribution is 5.87. The van der Waals surface area contributed by atoms with Gasteiger partial charge in [-0.3, -0.25) is 15.0 Å². The van der Waals surface area contributed by atoms with Gasteiger partial charge in [0.2, 0.25) is 0 Å². The smallest absolute Gasteiger partial charge is 0.356 e. The molecule has 3 rings (SSSR count). The summed E-state index contributed by atoms with van der Waals surface area (Å²) in [4.78, 5) is 16.8. The van der Waals surface area contributed by atoms with Crippen molar-refractivity contribution in [1.82, 2.24) is 20.1 Å². The second-order valence-corrected chi connectivity index (χ2v) is 4.76. The zero-order valence-electron chi connectivity index (χ0n) is 10.6. The molecule has 0 aliphatic carbocycles. The fraction of sp³-hybridized carbons (Fsp3) is 0.308. The van der Waals surface area contributed by atoms with Gasteiger partial charge in [-0.25, -0.2) is 9.18 Å². The first-order chi connectivity index (χ1) is 9.65. The first kappa shape index (κ1) is 12.7. The molecule has 20 heavy (non-hydrogen) atoms. The molecule has 6 nitrogen and oxygen atoms in total. The Morgan fingerprint density at radius 1 is 1.55 bits per heavy atom. The van der Waals surface area contributed by atoms with E-state index < -0.39 is 5.97 Å². The van der Waals surface area contributed by atoms with Crippen LogP contribution in [0.2, 0.25) is 0 Å². The van der Waals surface area contributed by atoms with Crippen LogP contribution in [-0.4, -0.2) is 37.7 Å². The molecule has 0 amide bonds. The van der Waals surface area contributed by atoms with Crippen molar-refractivity contribution >= 4 is 5.97 Å². The van der Waals surface area contributed by atoms with Crippen LogP contribution in [0.15, 0.2) is 18.5 Å². The van der Waals surface area contributed by atoms with E-state index in [-0.39, 0.29) is 11.5 Å². The molecule has 2 aromatic heterocycles. The summed E-state index contributed by atoms with van der Waals surface area (Å²) in [5, 5.41) is 15.7. The number of carbonyl (C=O) groups is 1. The van der Waals surface area contributed by atoms with Crippen LogP contribution in [0.25, 0.3) is 0 Å². The van der Waals surface area contributed by atoms with E-state index in [4.69, 9.17) is 5.11 Å². The highest BCUT2D eigenvalue weighted by Gasteiger charge is 2.25.